The third-order valence-corrected chi connectivity index (χ3v) is 2.32. The van der Waals surface area contributed by atoms with Gasteiger partial charge in [0.25, 0.3) is 0 Å². The Kier molecular flexibility index (Phi) is 3.12. The number of hydrogen-bond donors (Lipinski definition) is 2. The molecule has 2 aromatic rings. The van der Waals surface area contributed by atoms with E-state index in [2.05, 4.69) is 10.1 Å². The molecule has 1 aromatic heterocycles. The van der Waals surface area contributed by atoms with Gasteiger partial charge in [-0.1, -0.05) is 5.16 Å². The SMILES string of the molecule is COc1cc(O)c(C#N)cc1-c1noc(CN)n1. The molecule has 3 N–H and O–H groups in total. The molecule has 0 aliphatic carbocycles. The van der Waals surface area contributed by atoms with Gasteiger partial charge in [0, 0.05) is 6.07 Å². The zero-order valence-corrected chi connectivity index (χ0v) is 9.54. The van der Waals surface area contributed by atoms with Gasteiger partial charge in [-0.2, -0.15) is 10.2 Å². The molecule has 0 fully saturated rings. The standard InChI is InChI=1S/C11H10N4O3/c1-17-9-3-8(16)6(4-12)2-7(9)11-14-10(5-13)18-15-11/h2-3,16H,5,13H2,1H3. The van der Waals surface area contributed by atoms with Crippen molar-refractivity contribution in [2.24, 2.45) is 5.73 Å². The fourth-order valence-corrected chi connectivity index (χ4v) is 1.45. The first-order chi connectivity index (χ1) is 8.69. The molecule has 7 heteroatoms. The number of ether oxygens (including phenoxy) is 1. The van der Waals surface area contributed by atoms with Crippen LogP contribution in [0.1, 0.15) is 11.5 Å². The molecule has 92 valence electrons. The number of nitriles is 1. The van der Waals surface area contributed by atoms with Crippen LogP contribution in [0.15, 0.2) is 16.7 Å². The molecule has 0 spiro atoms. The summed E-state index contributed by atoms with van der Waals surface area (Å²) >= 11 is 0. The summed E-state index contributed by atoms with van der Waals surface area (Å²) in [6.07, 6.45) is 0. The largest absolute Gasteiger partial charge is 0.506 e. The summed E-state index contributed by atoms with van der Waals surface area (Å²) in [5.74, 6) is 0.707. The summed E-state index contributed by atoms with van der Waals surface area (Å²) in [5.41, 5.74) is 5.93. The Bertz CT molecular complexity index is 615. The number of hydrogen-bond acceptors (Lipinski definition) is 7. The maximum Gasteiger partial charge on any atom is 0.240 e. The van der Waals surface area contributed by atoms with Crippen LogP contribution in [0.25, 0.3) is 11.4 Å². The van der Waals surface area contributed by atoms with Crippen molar-refractivity contribution in [3.8, 4) is 29.0 Å². The molecule has 0 aliphatic heterocycles. The van der Waals surface area contributed by atoms with Gasteiger partial charge < -0.3 is 20.1 Å². The Labute approximate surface area is 102 Å². The second-order valence-electron chi connectivity index (χ2n) is 3.40. The van der Waals surface area contributed by atoms with E-state index >= 15 is 0 Å². The van der Waals surface area contributed by atoms with Crippen LogP contribution < -0.4 is 10.5 Å². The second kappa shape index (κ2) is 4.73. The summed E-state index contributed by atoms with van der Waals surface area (Å²) in [4.78, 5) is 4.04. The number of phenolic OH excluding ortho intramolecular Hbond substituents is 1. The number of aromatic nitrogens is 2. The molecule has 0 atom stereocenters. The van der Waals surface area contributed by atoms with Gasteiger partial charge >= 0.3 is 0 Å². The fourth-order valence-electron chi connectivity index (χ4n) is 1.45. The maximum absolute atomic E-state index is 9.56. The molecular formula is C11H10N4O3. The predicted octanol–water partition coefficient (Wildman–Crippen LogP) is 0.781. The Hall–Kier alpha value is -2.59. The molecule has 0 saturated carbocycles. The van der Waals surface area contributed by atoms with E-state index < -0.39 is 0 Å². The highest BCUT2D eigenvalue weighted by molar-refractivity contribution is 5.69. The van der Waals surface area contributed by atoms with Gasteiger partial charge in [0.05, 0.1) is 24.8 Å². The summed E-state index contributed by atoms with van der Waals surface area (Å²) in [6.45, 7) is 0.124. The van der Waals surface area contributed by atoms with Crippen molar-refractivity contribution in [2.45, 2.75) is 6.54 Å². The van der Waals surface area contributed by atoms with E-state index in [1.165, 1.54) is 19.2 Å². The van der Waals surface area contributed by atoms with Crippen LogP contribution in [-0.2, 0) is 6.54 Å². The minimum atomic E-state index is -0.166. The molecule has 0 bridgehead atoms. The monoisotopic (exact) mass is 246 g/mol. The molecular weight excluding hydrogens is 236 g/mol. The molecule has 0 unspecified atom stereocenters. The van der Waals surface area contributed by atoms with Crippen LogP contribution in [0, 0.1) is 11.3 Å². The quantitative estimate of drug-likeness (QED) is 0.821. The Morgan fingerprint density at radius 2 is 2.33 bits per heavy atom. The summed E-state index contributed by atoms with van der Waals surface area (Å²) in [7, 11) is 1.44. The van der Waals surface area contributed by atoms with E-state index in [1.54, 1.807) is 0 Å². The Morgan fingerprint density at radius 1 is 1.56 bits per heavy atom. The first-order valence-corrected chi connectivity index (χ1v) is 5.03. The summed E-state index contributed by atoms with van der Waals surface area (Å²) < 4.78 is 9.99. The normalized spacial score (nSPS) is 10.1. The van der Waals surface area contributed by atoms with Gasteiger partial charge in [-0.25, -0.2) is 0 Å². The molecule has 0 aliphatic rings. The highest BCUT2D eigenvalue weighted by atomic mass is 16.5. The van der Waals surface area contributed by atoms with Crippen molar-refractivity contribution in [3.63, 3.8) is 0 Å². The van der Waals surface area contributed by atoms with Crippen LogP contribution in [-0.4, -0.2) is 22.4 Å². The number of benzene rings is 1. The molecule has 7 nitrogen and oxygen atoms in total. The molecule has 0 radical (unpaired) electrons. The third kappa shape index (κ3) is 1.97. The lowest BCUT2D eigenvalue weighted by molar-refractivity contribution is 0.379. The number of rotatable bonds is 3. The number of phenols is 1. The zero-order chi connectivity index (χ0) is 13.1. The smallest absolute Gasteiger partial charge is 0.240 e. The number of methoxy groups -OCH3 is 1. The molecule has 18 heavy (non-hydrogen) atoms. The Balaban J connectivity index is 2.58. The highest BCUT2D eigenvalue weighted by Gasteiger charge is 2.16. The topological polar surface area (TPSA) is 118 Å². The number of nitrogens with two attached hydrogens (primary N) is 1. The summed E-state index contributed by atoms with van der Waals surface area (Å²) in [5, 5.41) is 22.2. The fraction of sp³-hybridized carbons (Fsp3) is 0.182. The first-order valence-electron chi connectivity index (χ1n) is 5.03. The number of nitrogens with zero attached hydrogens (tertiary/aromatic N) is 3. The van der Waals surface area contributed by atoms with Crippen molar-refractivity contribution in [1.29, 1.82) is 5.26 Å². The minimum Gasteiger partial charge on any atom is -0.506 e. The van der Waals surface area contributed by atoms with E-state index in [9.17, 15) is 5.11 Å². The van der Waals surface area contributed by atoms with Gasteiger partial charge in [0.2, 0.25) is 11.7 Å². The Morgan fingerprint density at radius 3 is 2.89 bits per heavy atom. The van der Waals surface area contributed by atoms with Gasteiger partial charge in [0.1, 0.15) is 17.6 Å². The highest BCUT2D eigenvalue weighted by Crippen LogP contribution is 2.33. The third-order valence-electron chi connectivity index (χ3n) is 2.32. The predicted molar refractivity (Wildman–Crippen MR) is 60.6 cm³/mol. The van der Waals surface area contributed by atoms with Crippen LogP contribution in [0.4, 0.5) is 0 Å². The van der Waals surface area contributed by atoms with Crippen molar-refractivity contribution >= 4 is 0 Å². The molecule has 0 saturated heterocycles. The lowest BCUT2D eigenvalue weighted by atomic mass is 10.1. The molecule has 2 rings (SSSR count). The van der Waals surface area contributed by atoms with Crippen molar-refractivity contribution in [1.82, 2.24) is 10.1 Å². The van der Waals surface area contributed by atoms with E-state index in [-0.39, 0.29) is 29.6 Å². The van der Waals surface area contributed by atoms with E-state index in [0.29, 0.717) is 11.3 Å². The van der Waals surface area contributed by atoms with Crippen LogP contribution in [0.5, 0.6) is 11.5 Å². The van der Waals surface area contributed by atoms with Gasteiger partial charge in [-0.15, -0.1) is 0 Å². The van der Waals surface area contributed by atoms with Crippen LogP contribution in [0.3, 0.4) is 0 Å². The van der Waals surface area contributed by atoms with E-state index in [1.807, 2.05) is 6.07 Å². The van der Waals surface area contributed by atoms with E-state index in [0.717, 1.165) is 0 Å². The summed E-state index contributed by atoms with van der Waals surface area (Å²) in [6, 6.07) is 4.62. The lowest BCUT2D eigenvalue weighted by Gasteiger charge is -2.06. The lowest BCUT2D eigenvalue weighted by Crippen LogP contribution is -1.96. The van der Waals surface area contributed by atoms with Crippen molar-refractivity contribution in [2.75, 3.05) is 7.11 Å². The van der Waals surface area contributed by atoms with Gasteiger partial charge in [-0.3, -0.25) is 0 Å². The average Bonchev–Trinajstić information content (AvgIpc) is 2.87. The minimum absolute atomic E-state index is 0.102. The first kappa shape index (κ1) is 11.9. The van der Waals surface area contributed by atoms with E-state index in [4.69, 9.17) is 20.3 Å². The number of aromatic hydroxyl groups is 1. The molecule has 0 amide bonds. The van der Waals surface area contributed by atoms with Gasteiger partial charge in [0.15, 0.2) is 0 Å². The van der Waals surface area contributed by atoms with Crippen molar-refractivity contribution in [3.05, 3.63) is 23.6 Å². The van der Waals surface area contributed by atoms with Crippen molar-refractivity contribution < 1.29 is 14.4 Å². The second-order valence-corrected chi connectivity index (χ2v) is 3.40. The zero-order valence-electron chi connectivity index (χ0n) is 9.54. The van der Waals surface area contributed by atoms with Crippen LogP contribution in [0.2, 0.25) is 0 Å². The molecule has 1 aromatic carbocycles. The maximum atomic E-state index is 9.56. The average molecular weight is 246 g/mol. The van der Waals surface area contributed by atoms with Gasteiger partial charge in [-0.05, 0) is 6.07 Å². The van der Waals surface area contributed by atoms with Crippen LogP contribution >= 0.6 is 0 Å². The molecule has 1 heterocycles.